The lowest BCUT2D eigenvalue weighted by Crippen LogP contribution is -2.30. The maximum atomic E-state index is 13.0. The van der Waals surface area contributed by atoms with E-state index in [2.05, 4.69) is 0 Å². The SMILES string of the molecule is CCCN1C(=O)C(=O)/C(=C(\O)c2ccc(OC)cc2OC)C1c1ccc(OC)c(O)c1. The summed E-state index contributed by atoms with van der Waals surface area (Å²) in [6, 6.07) is 8.50. The molecule has 31 heavy (non-hydrogen) atoms. The standard InChI is InChI=1S/C23H25NO7/c1-5-10-24-20(13-6-9-17(30-3)16(25)11-13)19(22(27)23(24)28)21(26)15-8-7-14(29-2)12-18(15)31-4/h6-9,11-12,20,25-26H,5,10H2,1-4H3/b21-19-. The summed E-state index contributed by atoms with van der Waals surface area (Å²) in [5.41, 5.74) is 0.645. The maximum Gasteiger partial charge on any atom is 0.295 e. The molecule has 2 N–H and O–H groups in total. The molecule has 1 unspecified atom stereocenters. The summed E-state index contributed by atoms with van der Waals surface area (Å²) in [6.07, 6.45) is 0.609. The minimum atomic E-state index is -0.872. The number of ketones is 1. The van der Waals surface area contributed by atoms with Crippen LogP contribution >= 0.6 is 0 Å². The van der Waals surface area contributed by atoms with Gasteiger partial charge in [-0.05, 0) is 36.2 Å². The van der Waals surface area contributed by atoms with Crippen molar-refractivity contribution in [2.45, 2.75) is 19.4 Å². The zero-order valence-corrected chi connectivity index (χ0v) is 17.8. The molecule has 1 saturated heterocycles. The Hall–Kier alpha value is -3.68. The first-order valence-electron chi connectivity index (χ1n) is 9.75. The van der Waals surface area contributed by atoms with Crippen molar-refractivity contribution in [2.24, 2.45) is 0 Å². The Morgan fingerprint density at radius 2 is 1.71 bits per heavy atom. The highest BCUT2D eigenvalue weighted by Gasteiger charge is 2.46. The zero-order valence-electron chi connectivity index (χ0n) is 17.8. The number of phenols is 1. The molecule has 8 heteroatoms. The molecule has 1 amide bonds. The molecule has 1 aliphatic rings. The number of nitrogens with zero attached hydrogens (tertiary/aromatic N) is 1. The number of rotatable bonds is 7. The molecule has 1 atom stereocenters. The Kier molecular flexibility index (Phi) is 6.39. The average molecular weight is 427 g/mol. The molecule has 2 aromatic carbocycles. The molecule has 8 nitrogen and oxygen atoms in total. The number of aliphatic hydroxyl groups excluding tert-OH is 1. The van der Waals surface area contributed by atoms with E-state index in [1.807, 2.05) is 6.92 Å². The predicted octanol–water partition coefficient (Wildman–Crippen LogP) is 3.25. The first kappa shape index (κ1) is 22.0. The summed E-state index contributed by atoms with van der Waals surface area (Å²) < 4.78 is 15.6. The third kappa shape index (κ3) is 3.88. The molecule has 2 aromatic rings. The number of carbonyl (C=O) groups excluding carboxylic acids is 2. The molecule has 0 saturated carbocycles. The van der Waals surface area contributed by atoms with Crippen LogP contribution in [0, 0.1) is 0 Å². The van der Waals surface area contributed by atoms with Gasteiger partial charge in [0.05, 0.1) is 38.5 Å². The van der Waals surface area contributed by atoms with Gasteiger partial charge in [-0.15, -0.1) is 0 Å². The van der Waals surface area contributed by atoms with Gasteiger partial charge >= 0.3 is 0 Å². The van der Waals surface area contributed by atoms with Crippen molar-refractivity contribution < 1.29 is 34.0 Å². The van der Waals surface area contributed by atoms with E-state index in [9.17, 15) is 19.8 Å². The quantitative estimate of drug-likeness (QED) is 0.397. The molecule has 1 heterocycles. The maximum absolute atomic E-state index is 13.0. The fourth-order valence-corrected chi connectivity index (χ4v) is 3.71. The van der Waals surface area contributed by atoms with Crippen molar-refractivity contribution >= 4 is 17.4 Å². The minimum Gasteiger partial charge on any atom is -0.507 e. The topological polar surface area (TPSA) is 106 Å². The van der Waals surface area contributed by atoms with Crippen molar-refractivity contribution in [1.82, 2.24) is 4.90 Å². The van der Waals surface area contributed by atoms with Gasteiger partial charge in [0.25, 0.3) is 11.7 Å². The van der Waals surface area contributed by atoms with Gasteiger partial charge in [-0.3, -0.25) is 9.59 Å². The molecule has 0 radical (unpaired) electrons. The van der Waals surface area contributed by atoms with Gasteiger partial charge in [0.2, 0.25) is 0 Å². The molecule has 0 spiro atoms. The van der Waals surface area contributed by atoms with Crippen molar-refractivity contribution in [1.29, 1.82) is 0 Å². The highest BCUT2D eigenvalue weighted by atomic mass is 16.5. The first-order chi connectivity index (χ1) is 14.9. The number of aliphatic hydroxyl groups is 1. The summed E-state index contributed by atoms with van der Waals surface area (Å²) in [6.45, 7) is 2.19. The van der Waals surface area contributed by atoms with Gasteiger partial charge < -0.3 is 29.3 Å². The molecule has 0 aromatic heterocycles. The molecule has 0 bridgehead atoms. The third-order valence-electron chi connectivity index (χ3n) is 5.19. The Morgan fingerprint density at radius 3 is 2.29 bits per heavy atom. The van der Waals surface area contributed by atoms with E-state index in [0.29, 0.717) is 24.3 Å². The van der Waals surface area contributed by atoms with Crippen LogP contribution in [-0.4, -0.2) is 54.7 Å². The van der Waals surface area contributed by atoms with Crippen LogP contribution in [0.1, 0.15) is 30.5 Å². The van der Waals surface area contributed by atoms with Crippen molar-refractivity contribution in [3.63, 3.8) is 0 Å². The number of aromatic hydroxyl groups is 1. The number of carbonyl (C=O) groups is 2. The molecule has 1 aliphatic heterocycles. The normalized spacial score (nSPS) is 17.7. The molecular weight excluding hydrogens is 402 g/mol. The fourth-order valence-electron chi connectivity index (χ4n) is 3.71. The van der Waals surface area contributed by atoms with Crippen LogP contribution in [0.15, 0.2) is 42.0 Å². The second-order valence-electron chi connectivity index (χ2n) is 6.99. The van der Waals surface area contributed by atoms with Gasteiger partial charge in [-0.2, -0.15) is 0 Å². The van der Waals surface area contributed by atoms with Crippen LogP contribution in [0.25, 0.3) is 5.76 Å². The van der Waals surface area contributed by atoms with E-state index in [1.165, 1.54) is 32.3 Å². The Balaban J connectivity index is 2.23. The Labute approximate surface area is 180 Å². The van der Waals surface area contributed by atoms with Crippen molar-refractivity contribution in [3.05, 3.63) is 53.1 Å². The molecule has 3 rings (SSSR count). The lowest BCUT2D eigenvalue weighted by Gasteiger charge is -2.25. The van der Waals surface area contributed by atoms with E-state index in [1.54, 1.807) is 30.3 Å². The van der Waals surface area contributed by atoms with Gasteiger partial charge in [0.1, 0.15) is 17.3 Å². The summed E-state index contributed by atoms with van der Waals surface area (Å²) >= 11 is 0. The molecular formula is C23H25NO7. The second-order valence-corrected chi connectivity index (χ2v) is 6.99. The van der Waals surface area contributed by atoms with Crippen molar-refractivity contribution in [2.75, 3.05) is 27.9 Å². The van der Waals surface area contributed by atoms with Gasteiger partial charge in [-0.1, -0.05) is 13.0 Å². The van der Waals surface area contributed by atoms with E-state index in [4.69, 9.17) is 14.2 Å². The highest BCUT2D eigenvalue weighted by molar-refractivity contribution is 6.46. The number of ether oxygens (including phenoxy) is 3. The van der Waals surface area contributed by atoms with E-state index in [-0.39, 0.29) is 34.1 Å². The predicted molar refractivity (Wildman–Crippen MR) is 114 cm³/mol. The average Bonchev–Trinajstić information content (AvgIpc) is 3.03. The lowest BCUT2D eigenvalue weighted by atomic mass is 9.94. The zero-order chi connectivity index (χ0) is 22.7. The first-order valence-corrected chi connectivity index (χ1v) is 9.75. The number of hydrogen-bond acceptors (Lipinski definition) is 7. The van der Waals surface area contributed by atoms with Gasteiger partial charge in [0, 0.05) is 12.6 Å². The summed E-state index contributed by atoms with van der Waals surface area (Å²) in [4.78, 5) is 27.1. The van der Waals surface area contributed by atoms with Crippen LogP contribution in [0.2, 0.25) is 0 Å². The van der Waals surface area contributed by atoms with Crippen LogP contribution < -0.4 is 14.2 Å². The number of likely N-dealkylation sites (tertiary alicyclic amines) is 1. The summed E-state index contributed by atoms with van der Waals surface area (Å²) in [7, 11) is 4.36. The smallest absolute Gasteiger partial charge is 0.295 e. The lowest BCUT2D eigenvalue weighted by molar-refractivity contribution is -0.139. The fraction of sp³-hybridized carbons (Fsp3) is 0.304. The van der Waals surface area contributed by atoms with Crippen LogP contribution in [0.4, 0.5) is 0 Å². The minimum absolute atomic E-state index is 0.0773. The van der Waals surface area contributed by atoms with Gasteiger partial charge in [-0.25, -0.2) is 0 Å². The largest absolute Gasteiger partial charge is 0.507 e. The molecule has 0 aliphatic carbocycles. The Morgan fingerprint density at radius 1 is 1.00 bits per heavy atom. The number of methoxy groups -OCH3 is 3. The molecule has 164 valence electrons. The van der Waals surface area contributed by atoms with Crippen LogP contribution in [0.5, 0.6) is 23.0 Å². The Bertz CT molecular complexity index is 1040. The summed E-state index contributed by atoms with van der Waals surface area (Å²) in [5, 5.41) is 21.4. The number of Topliss-reactive ketones (excluding diaryl/α,β-unsaturated/α-hetero) is 1. The van der Waals surface area contributed by atoms with Gasteiger partial charge in [0.15, 0.2) is 11.5 Å². The van der Waals surface area contributed by atoms with E-state index in [0.717, 1.165) is 0 Å². The second kappa shape index (κ2) is 8.99. The van der Waals surface area contributed by atoms with E-state index >= 15 is 0 Å². The summed E-state index contributed by atoms with van der Waals surface area (Å²) in [5.74, 6) is -0.958. The number of phenolic OH excluding ortho intramolecular Hbond substituents is 1. The van der Waals surface area contributed by atoms with Crippen LogP contribution in [-0.2, 0) is 9.59 Å². The number of benzene rings is 2. The number of amides is 1. The van der Waals surface area contributed by atoms with Crippen LogP contribution in [0.3, 0.4) is 0 Å². The number of hydrogen-bond donors (Lipinski definition) is 2. The molecule has 1 fully saturated rings. The monoisotopic (exact) mass is 427 g/mol. The highest BCUT2D eigenvalue weighted by Crippen LogP contribution is 2.43. The van der Waals surface area contributed by atoms with Crippen molar-refractivity contribution in [3.8, 4) is 23.0 Å². The van der Waals surface area contributed by atoms with E-state index < -0.39 is 17.7 Å². The third-order valence-corrected chi connectivity index (χ3v) is 5.19.